The van der Waals surface area contributed by atoms with Gasteiger partial charge in [0, 0.05) is 24.8 Å². The Morgan fingerprint density at radius 1 is 0.848 bits per heavy atom. The Morgan fingerprint density at radius 3 is 2.36 bits per heavy atom. The van der Waals surface area contributed by atoms with Gasteiger partial charge in [0.15, 0.2) is 11.0 Å². The minimum Gasteiger partial charge on any atom is -0.450 e. The number of hydrogen-bond acceptors (Lipinski definition) is 4. The van der Waals surface area contributed by atoms with Gasteiger partial charge >= 0.3 is 0 Å². The zero-order chi connectivity index (χ0) is 22.7. The minimum absolute atomic E-state index is 0.0507. The van der Waals surface area contributed by atoms with Crippen molar-refractivity contribution >= 4 is 28.5 Å². The molecule has 1 atom stereocenters. The van der Waals surface area contributed by atoms with E-state index >= 15 is 0 Å². The molecular formula is C27H20N2O4. The summed E-state index contributed by atoms with van der Waals surface area (Å²) in [5.74, 6) is -0.820. The van der Waals surface area contributed by atoms with Crippen molar-refractivity contribution < 1.29 is 14.0 Å². The number of nitrogens with zero attached hydrogens (tertiary/aromatic N) is 2. The van der Waals surface area contributed by atoms with Crippen LogP contribution in [-0.2, 0) is 16.8 Å². The van der Waals surface area contributed by atoms with E-state index in [0.717, 1.165) is 5.56 Å². The van der Waals surface area contributed by atoms with Crippen molar-refractivity contribution in [1.29, 1.82) is 0 Å². The van der Waals surface area contributed by atoms with Crippen LogP contribution in [0.2, 0.25) is 0 Å². The van der Waals surface area contributed by atoms with Gasteiger partial charge in [-0.3, -0.25) is 14.4 Å². The normalized spacial score (nSPS) is 18.9. The highest BCUT2D eigenvalue weighted by Gasteiger charge is 2.64. The number of carbonyl (C=O) groups excluding carboxylic acids is 2. The fraction of sp³-hybridized carbons (Fsp3) is 0.148. The summed E-state index contributed by atoms with van der Waals surface area (Å²) < 4.78 is 6.00. The van der Waals surface area contributed by atoms with Crippen LogP contribution in [-0.4, -0.2) is 30.3 Å². The van der Waals surface area contributed by atoms with Crippen molar-refractivity contribution in [1.82, 2.24) is 4.90 Å². The summed E-state index contributed by atoms with van der Waals surface area (Å²) in [5.41, 5.74) is 0.897. The Kier molecular flexibility index (Phi) is 4.08. The van der Waals surface area contributed by atoms with Gasteiger partial charge in [0.05, 0.1) is 10.9 Å². The van der Waals surface area contributed by atoms with Gasteiger partial charge in [-0.2, -0.15) is 0 Å². The highest BCUT2D eigenvalue weighted by Crippen LogP contribution is 2.52. The molecule has 0 fully saturated rings. The first-order valence-electron chi connectivity index (χ1n) is 10.8. The maximum atomic E-state index is 14.0. The van der Waals surface area contributed by atoms with Crippen molar-refractivity contribution in [3.8, 4) is 0 Å². The summed E-state index contributed by atoms with van der Waals surface area (Å²) in [6.45, 7) is 0.261. The van der Waals surface area contributed by atoms with Crippen LogP contribution < -0.4 is 10.3 Å². The van der Waals surface area contributed by atoms with E-state index in [1.165, 1.54) is 9.80 Å². The number of rotatable bonds is 3. The molecule has 0 bridgehead atoms. The molecule has 1 aromatic heterocycles. The van der Waals surface area contributed by atoms with E-state index in [0.29, 0.717) is 28.6 Å². The summed E-state index contributed by atoms with van der Waals surface area (Å²) in [6, 6.07) is 23.9. The molecule has 4 aromatic rings. The predicted molar refractivity (Wildman–Crippen MR) is 124 cm³/mol. The first-order chi connectivity index (χ1) is 16.0. The fourth-order valence-corrected chi connectivity index (χ4v) is 5.23. The van der Waals surface area contributed by atoms with E-state index in [1.807, 2.05) is 54.6 Å². The lowest BCUT2D eigenvalue weighted by Gasteiger charge is -2.34. The van der Waals surface area contributed by atoms with Crippen molar-refractivity contribution in [3.63, 3.8) is 0 Å². The minimum atomic E-state index is -1.54. The molecule has 2 amide bonds. The lowest BCUT2D eigenvalue weighted by molar-refractivity contribution is -0.125. The molecule has 162 valence electrons. The first kappa shape index (κ1) is 19.5. The average Bonchev–Trinajstić information content (AvgIpc) is 3.23. The van der Waals surface area contributed by atoms with E-state index in [1.54, 1.807) is 31.3 Å². The molecule has 6 rings (SSSR count). The van der Waals surface area contributed by atoms with E-state index in [9.17, 15) is 14.4 Å². The number of likely N-dealkylation sites (N-methyl/N-ethyl adjacent to an activating group) is 1. The zero-order valence-electron chi connectivity index (χ0n) is 17.9. The van der Waals surface area contributed by atoms with E-state index < -0.39 is 11.4 Å². The fourth-order valence-electron chi connectivity index (χ4n) is 5.23. The summed E-state index contributed by atoms with van der Waals surface area (Å²) >= 11 is 0. The highest BCUT2D eigenvalue weighted by atomic mass is 16.3. The highest BCUT2D eigenvalue weighted by molar-refractivity contribution is 6.16. The summed E-state index contributed by atoms with van der Waals surface area (Å²) in [7, 11) is 1.68. The second-order valence-corrected chi connectivity index (χ2v) is 8.42. The molecular weight excluding hydrogens is 416 g/mol. The number of amides is 2. The molecule has 0 aliphatic carbocycles. The Hall–Kier alpha value is -4.19. The first-order valence-corrected chi connectivity index (χ1v) is 10.8. The molecule has 0 saturated heterocycles. The SMILES string of the molecule is CN1C(=O)[C@]2(c3ccccc31)c1c(oc3ccccc3c1=O)C(=O)N2CCc1ccccc1. The zero-order valence-corrected chi connectivity index (χ0v) is 17.9. The smallest absolute Gasteiger partial charge is 0.291 e. The second-order valence-electron chi connectivity index (χ2n) is 8.42. The Morgan fingerprint density at radius 2 is 1.55 bits per heavy atom. The molecule has 0 saturated carbocycles. The number of para-hydroxylation sites is 2. The van der Waals surface area contributed by atoms with Gasteiger partial charge in [-0.15, -0.1) is 0 Å². The van der Waals surface area contributed by atoms with Crippen LogP contribution in [0, 0.1) is 0 Å². The van der Waals surface area contributed by atoms with Crippen LogP contribution >= 0.6 is 0 Å². The topological polar surface area (TPSA) is 70.8 Å². The third kappa shape index (κ3) is 2.46. The third-order valence-electron chi connectivity index (χ3n) is 6.74. The molecule has 6 heteroatoms. The van der Waals surface area contributed by atoms with Crippen LogP contribution in [0.25, 0.3) is 11.0 Å². The molecule has 33 heavy (non-hydrogen) atoms. The molecule has 3 aromatic carbocycles. The number of benzene rings is 3. The van der Waals surface area contributed by atoms with Crippen molar-refractivity contribution in [3.05, 3.63) is 112 Å². The van der Waals surface area contributed by atoms with Gasteiger partial charge in [0.2, 0.25) is 5.76 Å². The number of hydrogen-bond donors (Lipinski definition) is 0. The molecule has 2 aliphatic heterocycles. The summed E-state index contributed by atoms with van der Waals surface area (Å²) in [6.07, 6.45) is 0.537. The maximum absolute atomic E-state index is 14.0. The van der Waals surface area contributed by atoms with Gasteiger partial charge in [0.1, 0.15) is 5.58 Å². The Bertz CT molecular complexity index is 1510. The largest absolute Gasteiger partial charge is 0.450 e. The number of fused-ring (bicyclic) bond motifs is 5. The Balaban J connectivity index is 1.64. The molecule has 6 nitrogen and oxygen atoms in total. The molecule has 3 heterocycles. The monoisotopic (exact) mass is 436 g/mol. The molecule has 0 radical (unpaired) electrons. The van der Waals surface area contributed by atoms with Crippen LogP contribution in [0.4, 0.5) is 5.69 Å². The lowest BCUT2D eigenvalue weighted by Crippen LogP contribution is -2.53. The van der Waals surface area contributed by atoms with Crippen molar-refractivity contribution in [2.24, 2.45) is 0 Å². The van der Waals surface area contributed by atoms with Gasteiger partial charge < -0.3 is 14.2 Å². The second kappa shape index (κ2) is 6.90. The van der Waals surface area contributed by atoms with Crippen LogP contribution in [0.1, 0.15) is 27.2 Å². The average molecular weight is 436 g/mol. The predicted octanol–water partition coefficient (Wildman–Crippen LogP) is 3.71. The standard InChI is InChI=1S/C27H20N2O4/c1-28-20-13-7-6-12-19(20)27(26(28)32)22-23(30)18-11-5-8-14-21(18)33-24(22)25(31)29(27)16-15-17-9-3-2-4-10-17/h2-14H,15-16H2,1H3/t27-/m0/s1. The van der Waals surface area contributed by atoms with E-state index in [-0.39, 0.29) is 29.2 Å². The van der Waals surface area contributed by atoms with Crippen LogP contribution in [0.15, 0.2) is 88.1 Å². The number of anilines is 1. The quantitative estimate of drug-likeness (QED) is 0.491. The Labute approximate surface area is 189 Å². The van der Waals surface area contributed by atoms with E-state index in [2.05, 4.69) is 0 Å². The lowest BCUT2D eigenvalue weighted by atomic mass is 9.84. The van der Waals surface area contributed by atoms with Crippen LogP contribution in [0.5, 0.6) is 0 Å². The molecule has 0 unspecified atom stereocenters. The van der Waals surface area contributed by atoms with Crippen molar-refractivity contribution in [2.45, 2.75) is 12.0 Å². The molecule has 2 aliphatic rings. The summed E-state index contributed by atoms with van der Waals surface area (Å²) in [4.78, 5) is 44.6. The van der Waals surface area contributed by atoms with E-state index in [4.69, 9.17) is 4.42 Å². The maximum Gasteiger partial charge on any atom is 0.291 e. The van der Waals surface area contributed by atoms with Gasteiger partial charge in [-0.05, 0) is 30.2 Å². The number of carbonyl (C=O) groups is 2. The van der Waals surface area contributed by atoms with Gasteiger partial charge in [-0.1, -0.05) is 60.7 Å². The van der Waals surface area contributed by atoms with Crippen LogP contribution in [0.3, 0.4) is 0 Å². The third-order valence-corrected chi connectivity index (χ3v) is 6.74. The van der Waals surface area contributed by atoms with Gasteiger partial charge in [-0.25, -0.2) is 0 Å². The van der Waals surface area contributed by atoms with Gasteiger partial charge in [0.25, 0.3) is 11.8 Å². The summed E-state index contributed by atoms with van der Waals surface area (Å²) in [5, 5.41) is 0.355. The molecule has 0 N–H and O–H groups in total. The van der Waals surface area contributed by atoms with Crippen molar-refractivity contribution in [2.75, 3.05) is 18.5 Å². The molecule has 1 spiro atoms.